The molecule has 5 atom stereocenters. The van der Waals surface area contributed by atoms with Gasteiger partial charge in [-0.3, -0.25) is 0 Å². The van der Waals surface area contributed by atoms with Gasteiger partial charge in [0.25, 0.3) is 0 Å². The summed E-state index contributed by atoms with van der Waals surface area (Å²) in [4.78, 5) is 12.8. The fourth-order valence-electron chi connectivity index (χ4n) is 3.21. The Balaban J connectivity index is 1.47. The molecule has 0 aromatic heterocycles. The third kappa shape index (κ3) is 3.72. The molecule has 136 valence electrons. The summed E-state index contributed by atoms with van der Waals surface area (Å²) in [7, 11) is 0. The van der Waals surface area contributed by atoms with Gasteiger partial charge in [-0.1, -0.05) is 60.3 Å². The summed E-state index contributed by atoms with van der Waals surface area (Å²) >= 11 is 1.53. The van der Waals surface area contributed by atoms with Gasteiger partial charge in [-0.25, -0.2) is 4.79 Å². The second kappa shape index (κ2) is 7.70. The lowest BCUT2D eigenvalue weighted by Crippen LogP contribution is -2.55. The summed E-state index contributed by atoms with van der Waals surface area (Å²) in [6, 6.07) is 19.8. The number of fused-ring (bicyclic) bond motifs is 1. The lowest BCUT2D eigenvalue weighted by atomic mass is 10.0. The fourth-order valence-corrected chi connectivity index (χ4v) is 4.37. The molecule has 0 radical (unpaired) electrons. The first kappa shape index (κ1) is 17.4. The SMILES string of the molecule is C[C@@H]1O[C@@H](Sc2ccccc2)[C@@H]2OC(=O)O[C@@H]2[C@H]1OCc1ccccc1. The van der Waals surface area contributed by atoms with E-state index in [0.717, 1.165) is 10.5 Å². The quantitative estimate of drug-likeness (QED) is 0.739. The third-order valence-corrected chi connectivity index (χ3v) is 5.63. The topological polar surface area (TPSA) is 54.0 Å². The normalized spacial score (nSPS) is 30.3. The van der Waals surface area contributed by atoms with Crippen LogP contribution in [0.4, 0.5) is 4.79 Å². The zero-order chi connectivity index (χ0) is 17.9. The first-order chi connectivity index (χ1) is 12.7. The molecular weight excluding hydrogens is 352 g/mol. The molecule has 0 saturated carbocycles. The van der Waals surface area contributed by atoms with Gasteiger partial charge >= 0.3 is 6.16 Å². The predicted molar refractivity (Wildman–Crippen MR) is 96.8 cm³/mol. The fraction of sp³-hybridized carbons (Fsp3) is 0.350. The molecule has 6 heteroatoms. The molecule has 2 fully saturated rings. The molecule has 0 spiro atoms. The van der Waals surface area contributed by atoms with Crippen LogP contribution >= 0.6 is 11.8 Å². The van der Waals surface area contributed by atoms with Crippen LogP contribution in [0.5, 0.6) is 0 Å². The van der Waals surface area contributed by atoms with E-state index in [0.29, 0.717) is 6.61 Å². The largest absolute Gasteiger partial charge is 0.509 e. The molecule has 2 aromatic rings. The number of carbonyl (C=O) groups is 1. The van der Waals surface area contributed by atoms with E-state index < -0.39 is 18.4 Å². The van der Waals surface area contributed by atoms with E-state index in [2.05, 4.69) is 0 Å². The summed E-state index contributed by atoms with van der Waals surface area (Å²) in [6.07, 6.45) is -2.24. The van der Waals surface area contributed by atoms with Crippen molar-refractivity contribution in [2.75, 3.05) is 0 Å². The molecule has 26 heavy (non-hydrogen) atoms. The zero-order valence-corrected chi connectivity index (χ0v) is 15.1. The third-order valence-electron chi connectivity index (χ3n) is 4.47. The van der Waals surface area contributed by atoms with Gasteiger partial charge < -0.3 is 18.9 Å². The Morgan fingerprint density at radius 2 is 1.62 bits per heavy atom. The van der Waals surface area contributed by atoms with E-state index in [9.17, 15) is 4.79 Å². The summed E-state index contributed by atoms with van der Waals surface area (Å²) in [6.45, 7) is 2.37. The molecule has 0 amide bonds. The van der Waals surface area contributed by atoms with Crippen LogP contribution in [0.3, 0.4) is 0 Å². The van der Waals surface area contributed by atoms with Gasteiger partial charge in [0.05, 0.1) is 12.7 Å². The van der Waals surface area contributed by atoms with E-state index in [1.807, 2.05) is 67.6 Å². The second-order valence-electron chi connectivity index (χ2n) is 6.32. The maximum Gasteiger partial charge on any atom is 0.509 e. The van der Waals surface area contributed by atoms with Gasteiger partial charge in [0, 0.05) is 4.90 Å². The molecule has 2 saturated heterocycles. The summed E-state index contributed by atoms with van der Waals surface area (Å²) in [5.74, 6) is 0. The Kier molecular flexibility index (Phi) is 5.15. The Hall–Kier alpha value is -2.02. The highest BCUT2D eigenvalue weighted by Crippen LogP contribution is 2.39. The van der Waals surface area contributed by atoms with Crippen molar-refractivity contribution in [3.63, 3.8) is 0 Å². The Morgan fingerprint density at radius 1 is 0.962 bits per heavy atom. The maximum atomic E-state index is 11.8. The number of thioether (sulfide) groups is 1. The molecule has 0 N–H and O–H groups in total. The van der Waals surface area contributed by atoms with Crippen molar-refractivity contribution in [2.45, 2.75) is 48.3 Å². The molecule has 2 aliphatic heterocycles. The number of rotatable bonds is 5. The monoisotopic (exact) mass is 372 g/mol. The van der Waals surface area contributed by atoms with Crippen LogP contribution in [-0.4, -0.2) is 36.0 Å². The van der Waals surface area contributed by atoms with Crippen molar-refractivity contribution in [2.24, 2.45) is 0 Å². The highest BCUT2D eigenvalue weighted by atomic mass is 32.2. The minimum atomic E-state index is -0.662. The van der Waals surface area contributed by atoms with Gasteiger partial charge in [0.2, 0.25) is 0 Å². The van der Waals surface area contributed by atoms with Crippen LogP contribution in [0.1, 0.15) is 12.5 Å². The molecule has 2 aromatic carbocycles. The molecule has 0 unspecified atom stereocenters. The van der Waals surface area contributed by atoms with Crippen molar-refractivity contribution in [1.82, 2.24) is 0 Å². The summed E-state index contributed by atoms with van der Waals surface area (Å²) < 4.78 is 23.0. The Labute approximate surface area is 156 Å². The lowest BCUT2D eigenvalue weighted by Gasteiger charge is -2.39. The van der Waals surface area contributed by atoms with Crippen molar-refractivity contribution >= 4 is 17.9 Å². The number of hydrogen-bond donors (Lipinski definition) is 0. The van der Waals surface area contributed by atoms with Crippen LogP contribution in [0.2, 0.25) is 0 Å². The molecule has 2 aliphatic rings. The van der Waals surface area contributed by atoms with Crippen LogP contribution in [0, 0.1) is 0 Å². The van der Waals surface area contributed by atoms with Gasteiger partial charge in [-0.05, 0) is 24.6 Å². The standard InChI is InChI=1S/C20H20O5S/c1-13-16(22-12-14-8-4-2-5-9-14)17-18(25-20(21)24-17)19(23-13)26-15-10-6-3-7-11-15/h2-11,13,16-19H,12H2,1H3/t13-,16-,17+,18+,19-/m0/s1. The zero-order valence-electron chi connectivity index (χ0n) is 14.3. The van der Waals surface area contributed by atoms with E-state index in [4.69, 9.17) is 18.9 Å². The molecule has 2 heterocycles. The van der Waals surface area contributed by atoms with Crippen LogP contribution in [0.15, 0.2) is 65.6 Å². The summed E-state index contributed by atoms with van der Waals surface area (Å²) in [5, 5.41) is 0. The van der Waals surface area contributed by atoms with Gasteiger partial charge in [-0.15, -0.1) is 0 Å². The molecule has 0 aliphatic carbocycles. The van der Waals surface area contributed by atoms with Crippen LogP contribution < -0.4 is 0 Å². The highest BCUT2D eigenvalue weighted by Gasteiger charge is 2.54. The Morgan fingerprint density at radius 3 is 2.35 bits per heavy atom. The van der Waals surface area contributed by atoms with Gasteiger partial charge in [-0.2, -0.15) is 0 Å². The van der Waals surface area contributed by atoms with E-state index in [1.54, 1.807) is 0 Å². The smallest absolute Gasteiger partial charge is 0.424 e. The van der Waals surface area contributed by atoms with Crippen LogP contribution in [0.25, 0.3) is 0 Å². The Bertz CT molecular complexity index is 738. The average molecular weight is 372 g/mol. The van der Waals surface area contributed by atoms with Crippen molar-refractivity contribution < 1.29 is 23.7 Å². The first-order valence-electron chi connectivity index (χ1n) is 8.60. The lowest BCUT2D eigenvalue weighted by molar-refractivity contribution is -0.178. The number of ether oxygens (including phenoxy) is 4. The number of carbonyl (C=O) groups excluding carboxylic acids is 1. The van der Waals surface area contributed by atoms with Crippen molar-refractivity contribution in [3.8, 4) is 0 Å². The van der Waals surface area contributed by atoms with Gasteiger partial charge in [0.1, 0.15) is 11.5 Å². The molecule has 4 rings (SSSR count). The minimum absolute atomic E-state index is 0.226. The predicted octanol–water partition coefficient (Wildman–Crippen LogP) is 4.01. The van der Waals surface area contributed by atoms with Crippen molar-refractivity contribution in [3.05, 3.63) is 66.2 Å². The molecule has 0 bridgehead atoms. The summed E-state index contributed by atoms with van der Waals surface area (Å²) in [5.41, 5.74) is 0.725. The second-order valence-corrected chi connectivity index (χ2v) is 7.49. The average Bonchev–Trinajstić information content (AvgIpc) is 3.05. The highest BCUT2D eigenvalue weighted by molar-refractivity contribution is 7.99. The van der Waals surface area contributed by atoms with E-state index in [-0.39, 0.29) is 17.6 Å². The molecule has 5 nitrogen and oxygen atoms in total. The van der Waals surface area contributed by atoms with Crippen LogP contribution in [-0.2, 0) is 25.6 Å². The van der Waals surface area contributed by atoms with Crippen molar-refractivity contribution in [1.29, 1.82) is 0 Å². The molecular formula is C20H20O5S. The number of hydrogen-bond acceptors (Lipinski definition) is 6. The van der Waals surface area contributed by atoms with E-state index in [1.165, 1.54) is 11.8 Å². The minimum Gasteiger partial charge on any atom is -0.424 e. The van der Waals surface area contributed by atoms with Gasteiger partial charge in [0.15, 0.2) is 12.2 Å². The first-order valence-corrected chi connectivity index (χ1v) is 9.48. The number of benzene rings is 2. The maximum absolute atomic E-state index is 11.8. The van der Waals surface area contributed by atoms with E-state index >= 15 is 0 Å².